The molecule has 3 rings (SSSR count). The van der Waals surface area contributed by atoms with Gasteiger partial charge in [0.25, 0.3) is 0 Å². The van der Waals surface area contributed by atoms with Crippen LogP contribution < -0.4 is 11.0 Å². The third-order valence-electron chi connectivity index (χ3n) is 3.71. The number of nitrogens with zero attached hydrogens (tertiary/aromatic N) is 4. The van der Waals surface area contributed by atoms with Gasteiger partial charge in [0, 0.05) is 19.2 Å². The molecule has 1 unspecified atom stereocenters. The number of hydrogen-bond acceptors (Lipinski definition) is 5. The van der Waals surface area contributed by atoms with Gasteiger partial charge in [-0.3, -0.25) is 0 Å². The van der Waals surface area contributed by atoms with Crippen LogP contribution in [0, 0.1) is 5.92 Å². The molecule has 0 radical (unpaired) electrons. The van der Waals surface area contributed by atoms with Gasteiger partial charge in [0.15, 0.2) is 5.65 Å². The van der Waals surface area contributed by atoms with Gasteiger partial charge >= 0.3 is 5.69 Å². The Morgan fingerprint density at radius 3 is 3.05 bits per heavy atom. The summed E-state index contributed by atoms with van der Waals surface area (Å²) in [5.74, 6) is 1.32. The van der Waals surface area contributed by atoms with Gasteiger partial charge in [-0.05, 0) is 31.8 Å². The molecule has 1 aliphatic heterocycles. The molecule has 1 fully saturated rings. The van der Waals surface area contributed by atoms with Gasteiger partial charge in [-0.2, -0.15) is 5.10 Å². The van der Waals surface area contributed by atoms with E-state index in [1.165, 1.54) is 36.7 Å². The van der Waals surface area contributed by atoms with Gasteiger partial charge in [0.05, 0.1) is 0 Å². The summed E-state index contributed by atoms with van der Waals surface area (Å²) in [6, 6.07) is 1.78. The topological polar surface area (TPSA) is 78.3 Å². The van der Waals surface area contributed by atoms with Crippen molar-refractivity contribution in [3.63, 3.8) is 0 Å². The van der Waals surface area contributed by atoms with E-state index in [0.29, 0.717) is 11.6 Å². The predicted octanol–water partition coefficient (Wildman–Crippen LogP) is 0.561. The van der Waals surface area contributed by atoms with Crippen LogP contribution in [0.2, 0.25) is 0 Å². The zero-order valence-corrected chi connectivity index (χ0v) is 11.7. The monoisotopic (exact) mass is 276 g/mol. The molecular weight excluding hydrogens is 256 g/mol. The lowest BCUT2D eigenvalue weighted by molar-refractivity contribution is 0.294. The Morgan fingerprint density at radius 1 is 1.45 bits per heavy atom. The van der Waals surface area contributed by atoms with Crippen LogP contribution in [0.4, 0.5) is 5.82 Å². The lowest BCUT2D eigenvalue weighted by Crippen LogP contribution is -2.29. The zero-order chi connectivity index (χ0) is 13.9. The second-order valence-electron chi connectivity index (χ2n) is 5.52. The molecule has 2 aromatic rings. The summed E-state index contributed by atoms with van der Waals surface area (Å²) in [7, 11) is 0. The van der Waals surface area contributed by atoms with Gasteiger partial charge in [-0.15, -0.1) is 0 Å². The molecule has 2 N–H and O–H groups in total. The SMILES string of the molecule is CC(CNc1cc2n[nH]c(=O)n2cn1)CN1CCCC1. The fourth-order valence-electron chi connectivity index (χ4n) is 2.66. The fourth-order valence-corrected chi connectivity index (χ4v) is 2.66. The number of anilines is 1. The van der Waals surface area contributed by atoms with Gasteiger partial charge in [-0.1, -0.05) is 6.92 Å². The van der Waals surface area contributed by atoms with Crippen LogP contribution >= 0.6 is 0 Å². The predicted molar refractivity (Wildman–Crippen MR) is 76.9 cm³/mol. The molecule has 20 heavy (non-hydrogen) atoms. The van der Waals surface area contributed by atoms with Crippen molar-refractivity contribution in [1.29, 1.82) is 0 Å². The van der Waals surface area contributed by atoms with Crippen molar-refractivity contribution in [2.75, 3.05) is 31.5 Å². The number of H-pyrrole nitrogens is 1. The first-order valence-corrected chi connectivity index (χ1v) is 7.11. The lowest BCUT2D eigenvalue weighted by Gasteiger charge is -2.20. The third kappa shape index (κ3) is 2.82. The Morgan fingerprint density at radius 2 is 2.25 bits per heavy atom. The summed E-state index contributed by atoms with van der Waals surface area (Å²) in [5.41, 5.74) is 0.321. The van der Waals surface area contributed by atoms with Crippen molar-refractivity contribution in [3.8, 4) is 0 Å². The van der Waals surface area contributed by atoms with E-state index in [9.17, 15) is 4.79 Å². The first-order valence-electron chi connectivity index (χ1n) is 7.11. The highest BCUT2D eigenvalue weighted by molar-refractivity contribution is 5.48. The maximum absolute atomic E-state index is 11.3. The van der Waals surface area contributed by atoms with Crippen molar-refractivity contribution >= 4 is 11.5 Å². The first-order chi connectivity index (χ1) is 9.72. The number of rotatable bonds is 5. The minimum atomic E-state index is -0.263. The molecule has 0 amide bonds. The molecule has 2 aromatic heterocycles. The van der Waals surface area contributed by atoms with Crippen molar-refractivity contribution in [2.45, 2.75) is 19.8 Å². The van der Waals surface area contributed by atoms with Crippen LogP contribution in [0.15, 0.2) is 17.2 Å². The average Bonchev–Trinajstić information content (AvgIpc) is 3.07. The molecule has 0 aromatic carbocycles. The molecule has 0 saturated carbocycles. The Labute approximate surface area is 117 Å². The van der Waals surface area contributed by atoms with Crippen molar-refractivity contribution in [1.82, 2.24) is 24.5 Å². The molecule has 1 atom stereocenters. The summed E-state index contributed by atoms with van der Waals surface area (Å²) in [6.45, 7) is 6.68. The molecule has 0 bridgehead atoms. The van der Waals surface area contributed by atoms with E-state index >= 15 is 0 Å². The van der Waals surface area contributed by atoms with E-state index in [2.05, 4.69) is 32.3 Å². The summed E-state index contributed by atoms with van der Waals surface area (Å²) >= 11 is 0. The fraction of sp³-hybridized carbons (Fsp3) is 0.615. The molecule has 7 heteroatoms. The van der Waals surface area contributed by atoms with Crippen molar-refractivity contribution < 1.29 is 0 Å². The van der Waals surface area contributed by atoms with E-state index in [-0.39, 0.29) is 5.69 Å². The molecule has 1 aliphatic rings. The maximum atomic E-state index is 11.3. The molecule has 0 aliphatic carbocycles. The number of hydrogen-bond donors (Lipinski definition) is 2. The van der Waals surface area contributed by atoms with Crippen LogP contribution in [-0.2, 0) is 0 Å². The number of likely N-dealkylation sites (tertiary alicyclic amines) is 1. The van der Waals surface area contributed by atoms with Gasteiger partial charge < -0.3 is 10.2 Å². The van der Waals surface area contributed by atoms with Gasteiger partial charge in [0.2, 0.25) is 0 Å². The number of nitrogens with one attached hydrogen (secondary N) is 2. The van der Waals surface area contributed by atoms with Crippen LogP contribution in [0.25, 0.3) is 5.65 Å². The van der Waals surface area contributed by atoms with Crippen molar-refractivity contribution in [2.24, 2.45) is 5.92 Å². The number of aromatic amines is 1. The van der Waals surface area contributed by atoms with Gasteiger partial charge in [-0.25, -0.2) is 19.3 Å². The normalized spacial score (nSPS) is 17.6. The lowest BCUT2D eigenvalue weighted by atomic mass is 10.1. The summed E-state index contributed by atoms with van der Waals surface area (Å²) in [6.07, 6.45) is 4.15. The zero-order valence-electron chi connectivity index (χ0n) is 11.7. The number of fused-ring (bicyclic) bond motifs is 1. The molecular formula is C13H20N6O. The smallest absolute Gasteiger partial charge is 0.348 e. The second kappa shape index (κ2) is 5.62. The summed E-state index contributed by atoms with van der Waals surface area (Å²) in [5, 5.41) is 9.64. The molecule has 0 spiro atoms. The highest BCUT2D eigenvalue weighted by atomic mass is 16.1. The van der Waals surface area contributed by atoms with E-state index in [1.54, 1.807) is 6.07 Å². The highest BCUT2D eigenvalue weighted by Crippen LogP contribution is 2.11. The molecule has 108 valence electrons. The quantitative estimate of drug-likeness (QED) is 0.834. The van der Waals surface area contributed by atoms with E-state index in [4.69, 9.17) is 0 Å². The Bertz CT molecular complexity index is 627. The molecule has 7 nitrogen and oxygen atoms in total. The standard InChI is InChI=1S/C13H20N6O/c1-10(8-18-4-2-3-5-18)7-14-11-6-12-16-17-13(20)19(12)9-15-11/h6,9-10,14H,2-5,7-8H2,1H3,(H,17,20). The highest BCUT2D eigenvalue weighted by Gasteiger charge is 2.14. The second-order valence-corrected chi connectivity index (χ2v) is 5.52. The van der Waals surface area contributed by atoms with Crippen LogP contribution in [0.3, 0.4) is 0 Å². The van der Waals surface area contributed by atoms with E-state index < -0.39 is 0 Å². The Kier molecular flexibility index (Phi) is 3.68. The van der Waals surface area contributed by atoms with Gasteiger partial charge in [0.1, 0.15) is 12.1 Å². The largest absolute Gasteiger partial charge is 0.370 e. The van der Waals surface area contributed by atoms with E-state index in [1.807, 2.05) is 0 Å². The summed E-state index contributed by atoms with van der Waals surface area (Å²) < 4.78 is 1.39. The van der Waals surface area contributed by atoms with Crippen LogP contribution in [0.5, 0.6) is 0 Å². The van der Waals surface area contributed by atoms with Crippen LogP contribution in [0.1, 0.15) is 19.8 Å². The Hall–Kier alpha value is -1.89. The molecule has 1 saturated heterocycles. The van der Waals surface area contributed by atoms with E-state index in [0.717, 1.165) is 18.9 Å². The van der Waals surface area contributed by atoms with Crippen molar-refractivity contribution in [3.05, 3.63) is 22.9 Å². The minimum Gasteiger partial charge on any atom is -0.370 e. The summed E-state index contributed by atoms with van der Waals surface area (Å²) in [4.78, 5) is 18.1. The maximum Gasteiger partial charge on any atom is 0.348 e. The molecule has 3 heterocycles. The third-order valence-corrected chi connectivity index (χ3v) is 3.71. The minimum absolute atomic E-state index is 0.263. The Balaban J connectivity index is 1.57. The van der Waals surface area contributed by atoms with Crippen LogP contribution in [-0.4, -0.2) is 50.7 Å². The number of aromatic nitrogens is 4. The first kappa shape index (κ1) is 13.1. The average molecular weight is 276 g/mol.